The van der Waals surface area contributed by atoms with Crippen LogP contribution < -0.4 is 5.73 Å². The Balaban J connectivity index is 2.16. The van der Waals surface area contributed by atoms with Crippen LogP contribution in [0.4, 0.5) is 0 Å². The van der Waals surface area contributed by atoms with Gasteiger partial charge in [-0.25, -0.2) is 4.99 Å². The first-order valence-corrected chi connectivity index (χ1v) is 4.71. The number of likely N-dealkylation sites (tertiary alicyclic amines) is 1. The van der Waals surface area contributed by atoms with Gasteiger partial charge in [0.05, 0.1) is 0 Å². The van der Waals surface area contributed by atoms with Gasteiger partial charge in [0.2, 0.25) is 0 Å². The topological polar surface area (TPSA) is 78.9 Å². The molecule has 3 N–H and O–H groups in total. The lowest BCUT2D eigenvalue weighted by molar-refractivity contribution is -0.131. The standard InChI is InChI=1S/C9H13N3O2/c10-7-2-1-3-8(11-7)12-5-4-6(13)9(12)14/h2,6,13H,1,3-5,10H2. The van der Waals surface area contributed by atoms with Crippen molar-refractivity contribution in [3.63, 3.8) is 0 Å². The van der Waals surface area contributed by atoms with Gasteiger partial charge in [-0.3, -0.25) is 9.69 Å². The number of rotatable bonds is 0. The molecule has 0 aliphatic carbocycles. The van der Waals surface area contributed by atoms with Crippen LogP contribution in [-0.4, -0.2) is 34.4 Å². The molecule has 1 fully saturated rings. The fraction of sp³-hybridized carbons (Fsp3) is 0.556. The van der Waals surface area contributed by atoms with E-state index >= 15 is 0 Å². The molecule has 1 atom stereocenters. The Morgan fingerprint density at radius 1 is 1.64 bits per heavy atom. The zero-order valence-electron chi connectivity index (χ0n) is 7.81. The second-order valence-electron chi connectivity index (χ2n) is 3.49. The Labute approximate surface area is 81.9 Å². The van der Waals surface area contributed by atoms with Crippen molar-refractivity contribution in [2.75, 3.05) is 6.54 Å². The summed E-state index contributed by atoms with van der Waals surface area (Å²) in [6.45, 7) is 0.548. The van der Waals surface area contributed by atoms with Crippen LogP contribution in [0, 0.1) is 0 Å². The zero-order chi connectivity index (χ0) is 10.1. The van der Waals surface area contributed by atoms with Gasteiger partial charge in [-0.2, -0.15) is 0 Å². The highest BCUT2D eigenvalue weighted by Gasteiger charge is 2.32. The van der Waals surface area contributed by atoms with E-state index in [4.69, 9.17) is 5.73 Å². The molecule has 2 aliphatic rings. The van der Waals surface area contributed by atoms with Crippen LogP contribution in [0.2, 0.25) is 0 Å². The molecule has 2 rings (SSSR count). The van der Waals surface area contributed by atoms with Crippen LogP contribution in [0.1, 0.15) is 19.3 Å². The van der Waals surface area contributed by atoms with Crippen molar-refractivity contribution in [1.29, 1.82) is 0 Å². The largest absolute Gasteiger partial charge is 0.384 e. The van der Waals surface area contributed by atoms with Crippen molar-refractivity contribution in [1.82, 2.24) is 4.90 Å². The number of hydrogen-bond acceptors (Lipinski definition) is 4. The SMILES string of the molecule is NC1=CCCC(N2CCC(O)C2=O)=N1. The maximum absolute atomic E-state index is 11.4. The quantitative estimate of drug-likeness (QED) is 0.550. The minimum absolute atomic E-state index is 0.251. The summed E-state index contributed by atoms with van der Waals surface area (Å²) >= 11 is 0. The molecule has 14 heavy (non-hydrogen) atoms. The number of carbonyl (C=O) groups is 1. The predicted molar refractivity (Wildman–Crippen MR) is 51.3 cm³/mol. The molecule has 2 heterocycles. The summed E-state index contributed by atoms with van der Waals surface area (Å²) in [5, 5.41) is 9.27. The molecule has 5 heteroatoms. The highest BCUT2D eigenvalue weighted by Crippen LogP contribution is 2.17. The fourth-order valence-corrected chi connectivity index (χ4v) is 1.72. The number of aliphatic imine (C=N–C) groups is 1. The third-order valence-electron chi connectivity index (χ3n) is 2.47. The van der Waals surface area contributed by atoms with E-state index in [1.165, 1.54) is 4.90 Å². The summed E-state index contributed by atoms with van der Waals surface area (Å²) in [5.74, 6) is 0.894. The van der Waals surface area contributed by atoms with Gasteiger partial charge in [0.1, 0.15) is 17.8 Å². The predicted octanol–water partition coefficient (Wildman–Crippen LogP) is -0.428. The average molecular weight is 195 g/mol. The number of aliphatic hydroxyl groups is 1. The molecular weight excluding hydrogens is 182 g/mol. The lowest BCUT2D eigenvalue weighted by atomic mass is 10.2. The molecule has 0 aromatic heterocycles. The van der Waals surface area contributed by atoms with Crippen molar-refractivity contribution in [3.8, 4) is 0 Å². The monoisotopic (exact) mass is 195 g/mol. The first kappa shape index (κ1) is 9.21. The van der Waals surface area contributed by atoms with E-state index in [1.807, 2.05) is 6.08 Å². The van der Waals surface area contributed by atoms with E-state index < -0.39 is 6.10 Å². The van der Waals surface area contributed by atoms with Gasteiger partial charge in [-0.05, 0) is 12.5 Å². The summed E-state index contributed by atoms with van der Waals surface area (Å²) < 4.78 is 0. The van der Waals surface area contributed by atoms with Crippen molar-refractivity contribution in [2.45, 2.75) is 25.4 Å². The summed E-state index contributed by atoms with van der Waals surface area (Å²) in [6, 6.07) is 0. The second kappa shape index (κ2) is 3.42. The Bertz CT molecular complexity index is 322. The van der Waals surface area contributed by atoms with Crippen molar-refractivity contribution in [2.24, 2.45) is 10.7 Å². The molecule has 1 unspecified atom stereocenters. The highest BCUT2D eigenvalue weighted by atomic mass is 16.3. The number of amidine groups is 1. The molecule has 0 saturated carbocycles. The highest BCUT2D eigenvalue weighted by molar-refractivity contribution is 6.02. The van der Waals surface area contributed by atoms with Crippen LogP contribution >= 0.6 is 0 Å². The first-order chi connectivity index (χ1) is 6.68. The average Bonchev–Trinajstić information content (AvgIpc) is 2.48. The lowest BCUT2D eigenvalue weighted by Gasteiger charge is -2.20. The lowest BCUT2D eigenvalue weighted by Crippen LogP contribution is -2.36. The van der Waals surface area contributed by atoms with E-state index in [0.29, 0.717) is 24.6 Å². The fourth-order valence-electron chi connectivity index (χ4n) is 1.72. The second-order valence-corrected chi connectivity index (χ2v) is 3.49. The van der Waals surface area contributed by atoms with E-state index in [1.54, 1.807) is 0 Å². The third-order valence-corrected chi connectivity index (χ3v) is 2.47. The molecular formula is C9H13N3O2. The van der Waals surface area contributed by atoms with E-state index in [9.17, 15) is 9.90 Å². The maximum atomic E-state index is 11.4. The number of aliphatic hydroxyl groups excluding tert-OH is 1. The summed E-state index contributed by atoms with van der Waals surface area (Å²) in [6.07, 6.45) is 3.00. The number of allylic oxidation sites excluding steroid dienone is 1. The number of hydrogen-bond donors (Lipinski definition) is 2. The molecule has 2 aliphatic heterocycles. The van der Waals surface area contributed by atoms with E-state index in [2.05, 4.69) is 4.99 Å². The Morgan fingerprint density at radius 2 is 2.43 bits per heavy atom. The molecule has 76 valence electrons. The van der Waals surface area contributed by atoms with E-state index in [-0.39, 0.29) is 5.91 Å². The molecule has 0 aromatic carbocycles. The minimum atomic E-state index is -0.857. The summed E-state index contributed by atoms with van der Waals surface area (Å²) in [5.41, 5.74) is 5.55. The van der Waals surface area contributed by atoms with Crippen LogP contribution in [0.25, 0.3) is 0 Å². The van der Waals surface area contributed by atoms with Gasteiger partial charge in [-0.1, -0.05) is 0 Å². The van der Waals surface area contributed by atoms with Crippen LogP contribution in [0.3, 0.4) is 0 Å². The minimum Gasteiger partial charge on any atom is -0.384 e. The van der Waals surface area contributed by atoms with Crippen LogP contribution in [0.5, 0.6) is 0 Å². The molecule has 0 bridgehead atoms. The van der Waals surface area contributed by atoms with Crippen molar-refractivity contribution < 1.29 is 9.90 Å². The Morgan fingerprint density at radius 3 is 3.00 bits per heavy atom. The first-order valence-electron chi connectivity index (χ1n) is 4.71. The normalized spacial score (nSPS) is 27.6. The van der Waals surface area contributed by atoms with Gasteiger partial charge < -0.3 is 10.8 Å². The van der Waals surface area contributed by atoms with Crippen LogP contribution in [0.15, 0.2) is 16.9 Å². The molecule has 0 radical (unpaired) electrons. The van der Waals surface area contributed by atoms with E-state index in [0.717, 1.165) is 12.8 Å². The smallest absolute Gasteiger partial charge is 0.256 e. The van der Waals surface area contributed by atoms with Gasteiger partial charge in [-0.15, -0.1) is 0 Å². The molecule has 0 aromatic rings. The molecule has 0 spiro atoms. The third kappa shape index (κ3) is 1.50. The van der Waals surface area contributed by atoms with Crippen molar-refractivity contribution >= 4 is 11.7 Å². The zero-order valence-corrected chi connectivity index (χ0v) is 7.81. The number of amides is 1. The summed E-state index contributed by atoms with van der Waals surface area (Å²) in [7, 11) is 0. The summed E-state index contributed by atoms with van der Waals surface area (Å²) in [4.78, 5) is 17.1. The molecule has 5 nitrogen and oxygen atoms in total. The number of nitrogens with two attached hydrogens (primary N) is 1. The van der Waals surface area contributed by atoms with Crippen LogP contribution in [-0.2, 0) is 4.79 Å². The van der Waals surface area contributed by atoms with Gasteiger partial charge >= 0.3 is 0 Å². The Kier molecular flexibility index (Phi) is 2.25. The van der Waals surface area contributed by atoms with Gasteiger partial charge in [0.25, 0.3) is 5.91 Å². The van der Waals surface area contributed by atoms with Gasteiger partial charge in [0, 0.05) is 19.4 Å². The number of nitrogens with zero attached hydrogens (tertiary/aromatic N) is 2. The number of carbonyl (C=O) groups excluding carboxylic acids is 1. The molecule has 1 saturated heterocycles. The van der Waals surface area contributed by atoms with Gasteiger partial charge in [0.15, 0.2) is 0 Å². The molecule has 1 amide bonds. The van der Waals surface area contributed by atoms with Crippen molar-refractivity contribution in [3.05, 3.63) is 11.9 Å². The maximum Gasteiger partial charge on any atom is 0.256 e. The Hall–Kier alpha value is -1.36.